The van der Waals surface area contributed by atoms with Gasteiger partial charge >= 0.3 is 0 Å². The number of benzene rings is 1. The van der Waals surface area contributed by atoms with Crippen LogP contribution in [0.3, 0.4) is 0 Å². The molecule has 0 radical (unpaired) electrons. The van der Waals surface area contributed by atoms with Crippen LogP contribution in [0.15, 0.2) is 24.3 Å². The van der Waals surface area contributed by atoms with Gasteiger partial charge < -0.3 is 5.32 Å². The largest absolute Gasteiger partial charge is 0.311 e. The Morgan fingerprint density at radius 1 is 1.39 bits per heavy atom. The lowest BCUT2D eigenvalue weighted by molar-refractivity contribution is 0.298. The van der Waals surface area contributed by atoms with Gasteiger partial charge in [-0.1, -0.05) is 23.7 Å². The van der Waals surface area contributed by atoms with Crippen LogP contribution in [0, 0.1) is 0 Å². The molecule has 1 N–H and O–H groups in total. The Morgan fingerprint density at radius 2 is 2.06 bits per heavy atom. The molecule has 1 saturated heterocycles. The quantitative estimate of drug-likeness (QED) is 0.907. The molecule has 100 valence electrons. The number of hydrogen-bond donors (Lipinski definition) is 1. The summed E-state index contributed by atoms with van der Waals surface area (Å²) >= 11 is 5.83. The van der Waals surface area contributed by atoms with Crippen LogP contribution in [0.1, 0.15) is 5.56 Å². The molecule has 2 rings (SSSR count). The number of piperazine rings is 1. The van der Waals surface area contributed by atoms with Gasteiger partial charge in [0.25, 0.3) is 0 Å². The Labute approximate surface area is 113 Å². The highest BCUT2D eigenvalue weighted by Gasteiger charge is 2.25. The topological polar surface area (TPSA) is 49.4 Å². The highest BCUT2D eigenvalue weighted by atomic mass is 35.5. The van der Waals surface area contributed by atoms with Crippen molar-refractivity contribution in [3.63, 3.8) is 0 Å². The third kappa shape index (κ3) is 3.68. The van der Waals surface area contributed by atoms with Crippen LogP contribution in [0.5, 0.6) is 0 Å². The second kappa shape index (κ2) is 5.57. The summed E-state index contributed by atoms with van der Waals surface area (Å²) in [7, 11) is -3.09. The maximum Gasteiger partial charge on any atom is 0.211 e. The van der Waals surface area contributed by atoms with Crippen molar-refractivity contribution in [3.05, 3.63) is 34.9 Å². The van der Waals surface area contributed by atoms with Crippen LogP contribution >= 0.6 is 11.6 Å². The Balaban J connectivity index is 2.00. The summed E-state index contributed by atoms with van der Waals surface area (Å²) in [6.07, 6.45) is 2.07. The highest BCUT2D eigenvalue weighted by Crippen LogP contribution is 2.13. The lowest BCUT2D eigenvalue weighted by atomic mass is 10.0. The van der Waals surface area contributed by atoms with Gasteiger partial charge in [-0.2, -0.15) is 4.31 Å². The molecule has 1 aliphatic heterocycles. The number of halogens is 1. The van der Waals surface area contributed by atoms with Crippen LogP contribution in [0.25, 0.3) is 0 Å². The van der Waals surface area contributed by atoms with Gasteiger partial charge in [0, 0.05) is 30.7 Å². The van der Waals surface area contributed by atoms with Crippen molar-refractivity contribution < 1.29 is 8.42 Å². The van der Waals surface area contributed by atoms with Gasteiger partial charge in [0.15, 0.2) is 0 Å². The predicted octanol–water partition coefficient (Wildman–Crippen LogP) is 1.12. The first kappa shape index (κ1) is 13.8. The van der Waals surface area contributed by atoms with Crippen LogP contribution in [0.4, 0.5) is 0 Å². The van der Waals surface area contributed by atoms with E-state index in [4.69, 9.17) is 11.6 Å². The molecule has 0 amide bonds. The minimum atomic E-state index is -3.09. The molecular weight excluding hydrogens is 272 g/mol. The molecule has 6 heteroatoms. The summed E-state index contributed by atoms with van der Waals surface area (Å²) in [5.41, 5.74) is 1.16. The Kier molecular flexibility index (Phi) is 4.27. The van der Waals surface area contributed by atoms with Crippen molar-refractivity contribution in [3.8, 4) is 0 Å². The van der Waals surface area contributed by atoms with Crippen molar-refractivity contribution in [2.45, 2.75) is 12.5 Å². The number of nitrogens with zero attached hydrogens (tertiary/aromatic N) is 1. The minimum Gasteiger partial charge on any atom is -0.311 e. The van der Waals surface area contributed by atoms with Crippen LogP contribution in [0.2, 0.25) is 5.02 Å². The standard InChI is InChI=1S/C12H17ClN2O2S/c1-18(16,17)15-7-6-14-12(9-15)8-10-2-4-11(13)5-3-10/h2-5,12,14H,6-9H2,1H3. The van der Waals surface area contributed by atoms with Crippen molar-refractivity contribution in [2.75, 3.05) is 25.9 Å². The molecule has 0 aromatic heterocycles. The molecule has 0 saturated carbocycles. The number of hydrogen-bond acceptors (Lipinski definition) is 3. The SMILES string of the molecule is CS(=O)(=O)N1CCNC(Cc2ccc(Cl)cc2)C1. The molecule has 0 spiro atoms. The molecule has 1 fully saturated rings. The Hall–Kier alpha value is -0.620. The molecule has 1 atom stereocenters. The van der Waals surface area contributed by atoms with Gasteiger partial charge in [0.05, 0.1) is 6.26 Å². The average molecular weight is 289 g/mol. The summed E-state index contributed by atoms with van der Waals surface area (Å²) in [5.74, 6) is 0. The van der Waals surface area contributed by atoms with E-state index in [0.29, 0.717) is 24.7 Å². The molecule has 18 heavy (non-hydrogen) atoms. The van der Waals surface area contributed by atoms with Crippen molar-refractivity contribution in [2.24, 2.45) is 0 Å². The van der Waals surface area contributed by atoms with E-state index in [1.807, 2.05) is 24.3 Å². The van der Waals surface area contributed by atoms with E-state index >= 15 is 0 Å². The van der Waals surface area contributed by atoms with Crippen LogP contribution in [-0.4, -0.2) is 44.7 Å². The number of sulfonamides is 1. The third-order valence-corrected chi connectivity index (χ3v) is 4.60. The van der Waals surface area contributed by atoms with Gasteiger partial charge in [0.2, 0.25) is 10.0 Å². The number of rotatable bonds is 3. The first-order valence-corrected chi connectivity index (χ1v) is 8.11. The van der Waals surface area contributed by atoms with Gasteiger partial charge in [-0.3, -0.25) is 0 Å². The first-order chi connectivity index (χ1) is 8.45. The second-order valence-electron chi connectivity index (χ2n) is 4.60. The molecule has 0 aliphatic carbocycles. The first-order valence-electron chi connectivity index (χ1n) is 5.88. The monoisotopic (exact) mass is 288 g/mol. The molecule has 1 aromatic carbocycles. The number of nitrogens with one attached hydrogen (secondary N) is 1. The Bertz CT molecular complexity index is 501. The van der Waals surface area contributed by atoms with Gasteiger partial charge in [-0.15, -0.1) is 0 Å². The van der Waals surface area contributed by atoms with E-state index in [9.17, 15) is 8.42 Å². The second-order valence-corrected chi connectivity index (χ2v) is 7.02. The van der Waals surface area contributed by atoms with E-state index in [0.717, 1.165) is 12.0 Å². The molecule has 1 heterocycles. The normalized spacial score (nSPS) is 22.0. The fourth-order valence-electron chi connectivity index (χ4n) is 2.14. The summed E-state index contributed by atoms with van der Waals surface area (Å²) in [6, 6.07) is 7.82. The molecule has 1 aromatic rings. The van der Waals surface area contributed by atoms with Gasteiger partial charge in [0.1, 0.15) is 0 Å². The maximum atomic E-state index is 11.5. The fourth-order valence-corrected chi connectivity index (χ4v) is 3.14. The molecule has 0 bridgehead atoms. The van der Waals surface area contributed by atoms with Crippen LogP contribution < -0.4 is 5.32 Å². The highest BCUT2D eigenvalue weighted by molar-refractivity contribution is 7.88. The van der Waals surface area contributed by atoms with E-state index < -0.39 is 10.0 Å². The van der Waals surface area contributed by atoms with Crippen molar-refractivity contribution in [1.82, 2.24) is 9.62 Å². The van der Waals surface area contributed by atoms with Gasteiger partial charge in [-0.25, -0.2) is 8.42 Å². The van der Waals surface area contributed by atoms with E-state index in [2.05, 4.69) is 5.32 Å². The third-order valence-electron chi connectivity index (χ3n) is 3.08. The lowest BCUT2D eigenvalue weighted by Crippen LogP contribution is -2.53. The van der Waals surface area contributed by atoms with Crippen LogP contribution in [-0.2, 0) is 16.4 Å². The molecular formula is C12H17ClN2O2S. The lowest BCUT2D eigenvalue weighted by Gasteiger charge is -2.32. The summed E-state index contributed by atoms with van der Waals surface area (Å²) in [4.78, 5) is 0. The molecule has 4 nitrogen and oxygen atoms in total. The molecule has 1 aliphatic rings. The zero-order valence-electron chi connectivity index (χ0n) is 10.3. The van der Waals surface area contributed by atoms with E-state index in [1.165, 1.54) is 10.6 Å². The van der Waals surface area contributed by atoms with Gasteiger partial charge in [-0.05, 0) is 24.1 Å². The predicted molar refractivity (Wildman–Crippen MR) is 73.4 cm³/mol. The van der Waals surface area contributed by atoms with Crippen molar-refractivity contribution in [1.29, 1.82) is 0 Å². The summed E-state index contributed by atoms with van der Waals surface area (Å²) in [6.45, 7) is 1.78. The minimum absolute atomic E-state index is 0.162. The smallest absolute Gasteiger partial charge is 0.211 e. The summed E-state index contributed by atoms with van der Waals surface area (Å²) < 4.78 is 24.6. The maximum absolute atomic E-state index is 11.5. The van der Waals surface area contributed by atoms with Crippen molar-refractivity contribution >= 4 is 21.6 Å². The zero-order chi connectivity index (χ0) is 13.2. The zero-order valence-corrected chi connectivity index (χ0v) is 11.8. The van der Waals surface area contributed by atoms with E-state index in [-0.39, 0.29) is 6.04 Å². The average Bonchev–Trinajstić information content (AvgIpc) is 2.31. The molecule has 1 unspecified atom stereocenters. The summed E-state index contributed by atoms with van der Waals surface area (Å²) in [5, 5.41) is 4.06. The Morgan fingerprint density at radius 3 is 2.67 bits per heavy atom. The fraction of sp³-hybridized carbons (Fsp3) is 0.500. The van der Waals surface area contributed by atoms with E-state index in [1.54, 1.807) is 0 Å².